The Labute approximate surface area is 261 Å². The number of halogens is 3. The molecule has 1 amide bonds. The first-order chi connectivity index (χ1) is 21.5. The van der Waals surface area contributed by atoms with Gasteiger partial charge in [0.15, 0.2) is 11.6 Å². The molecule has 45 heavy (non-hydrogen) atoms. The lowest BCUT2D eigenvalue weighted by molar-refractivity contribution is 0.0944. The Morgan fingerprint density at radius 3 is 2.49 bits per heavy atom. The summed E-state index contributed by atoms with van der Waals surface area (Å²) in [6.45, 7) is 3.73. The van der Waals surface area contributed by atoms with E-state index in [1.165, 1.54) is 24.5 Å². The van der Waals surface area contributed by atoms with Crippen LogP contribution in [0.25, 0.3) is 27.8 Å². The molecule has 3 aromatic heterocycles. The Morgan fingerprint density at radius 2 is 1.71 bits per heavy atom. The summed E-state index contributed by atoms with van der Waals surface area (Å²) >= 11 is 6.03. The molecule has 0 aliphatic rings. The standard InChI is InChI=1S/C31H24ClF2N7O3S/c1-17(2)37-31(42)19-15-41(24-9-5-3-7-18(19)24)26-14-13-23-29(38-26)30(36-16-35-23)39-28-21(33)11-12-22(27(28)34)40-45(43,44)25-10-6-4-8-20(25)32/h3-17,40H,1-2H3,(H,37,42)(H,35,36,39). The normalized spacial score (nSPS) is 11.7. The number of fused-ring (bicyclic) bond motifs is 2. The van der Waals surface area contributed by atoms with Crippen LogP contribution in [0.15, 0.2) is 90.2 Å². The highest BCUT2D eigenvalue weighted by Crippen LogP contribution is 2.33. The molecule has 0 bridgehead atoms. The van der Waals surface area contributed by atoms with Crippen LogP contribution in [-0.4, -0.2) is 39.9 Å². The van der Waals surface area contributed by atoms with Gasteiger partial charge >= 0.3 is 0 Å². The summed E-state index contributed by atoms with van der Waals surface area (Å²) in [5, 5.41) is 6.17. The zero-order valence-corrected chi connectivity index (χ0v) is 25.3. The molecule has 3 aromatic carbocycles. The minimum absolute atomic E-state index is 0.0417. The molecule has 0 saturated heterocycles. The number of rotatable bonds is 8. The third kappa shape index (κ3) is 5.75. The van der Waals surface area contributed by atoms with Gasteiger partial charge in [-0.3, -0.25) is 9.52 Å². The lowest BCUT2D eigenvalue weighted by atomic mass is 10.1. The van der Waals surface area contributed by atoms with E-state index in [2.05, 4.69) is 30.3 Å². The summed E-state index contributed by atoms with van der Waals surface area (Å²) in [6, 6.07) is 18.1. The van der Waals surface area contributed by atoms with Crippen molar-refractivity contribution in [2.24, 2.45) is 0 Å². The molecule has 0 atom stereocenters. The van der Waals surface area contributed by atoms with Gasteiger partial charge in [0.25, 0.3) is 15.9 Å². The molecule has 0 radical (unpaired) electrons. The second kappa shape index (κ2) is 11.7. The first kappa shape index (κ1) is 29.9. The van der Waals surface area contributed by atoms with Crippen molar-refractivity contribution in [3.05, 3.63) is 108 Å². The molecule has 3 N–H and O–H groups in total. The van der Waals surface area contributed by atoms with Crippen LogP contribution in [-0.2, 0) is 10.0 Å². The van der Waals surface area contributed by atoms with E-state index in [0.717, 1.165) is 12.1 Å². The summed E-state index contributed by atoms with van der Waals surface area (Å²) in [5.41, 5.74) is 0.505. The third-order valence-electron chi connectivity index (χ3n) is 6.80. The summed E-state index contributed by atoms with van der Waals surface area (Å²) in [5.74, 6) is -2.12. The number of sulfonamides is 1. The molecule has 0 aliphatic carbocycles. The van der Waals surface area contributed by atoms with Crippen molar-refractivity contribution in [3.8, 4) is 5.82 Å². The van der Waals surface area contributed by atoms with Gasteiger partial charge in [-0.05, 0) is 56.3 Å². The van der Waals surface area contributed by atoms with E-state index in [4.69, 9.17) is 11.6 Å². The van der Waals surface area contributed by atoms with Gasteiger partial charge in [-0.2, -0.15) is 0 Å². The Kier molecular flexibility index (Phi) is 7.81. The molecule has 6 aromatic rings. The summed E-state index contributed by atoms with van der Waals surface area (Å²) < 4.78 is 60.4. The van der Waals surface area contributed by atoms with Crippen LogP contribution >= 0.6 is 11.6 Å². The highest BCUT2D eigenvalue weighted by Gasteiger charge is 2.23. The molecular formula is C31H24ClF2N7O3S. The topological polar surface area (TPSA) is 131 Å². The Balaban J connectivity index is 1.40. The fraction of sp³-hybridized carbons (Fsp3) is 0.0968. The van der Waals surface area contributed by atoms with E-state index in [-0.39, 0.29) is 33.2 Å². The second-order valence-electron chi connectivity index (χ2n) is 10.3. The van der Waals surface area contributed by atoms with Crippen molar-refractivity contribution in [1.29, 1.82) is 0 Å². The van der Waals surface area contributed by atoms with E-state index >= 15 is 8.78 Å². The predicted octanol–water partition coefficient (Wildman–Crippen LogP) is 6.58. The van der Waals surface area contributed by atoms with Gasteiger partial charge in [0.2, 0.25) is 0 Å². The number of aromatic nitrogens is 4. The summed E-state index contributed by atoms with van der Waals surface area (Å²) in [7, 11) is -4.31. The number of para-hydroxylation sites is 1. The molecule has 0 saturated carbocycles. The van der Waals surface area contributed by atoms with Gasteiger partial charge in [-0.25, -0.2) is 32.2 Å². The van der Waals surface area contributed by atoms with Crippen LogP contribution in [0.2, 0.25) is 5.02 Å². The van der Waals surface area contributed by atoms with Crippen molar-refractivity contribution >= 4 is 66.7 Å². The first-order valence-electron chi connectivity index (χ1n) is 13.6. The maximum absolute atomic E-state index is 15.7. The number of benzene rings is 3. The van der Waals surface area contributed by atoms with E-state index in [0.29, 0.717) is 27.8 Å². The fourth-order valence-electron chi connectivity index (χ4n) is 4.77. The van der Waals surface area contributed by atoms with Crippen LogP contribution in [0.4, 0.5) is 26.0 Å². The largest absolute Gasteiger partial charge is 0.350 e. The zero-order valence-electron chi connectivity index (χ0n) is 23.7. The molecule has 0 aliphatic heterocycles. The lowest BCUT2D eigenvalue weighted by Crippen LogP contribution is -2.29. The van der Waals surface area contributed by atoms with E-state index in [1.54, 1.807) is 29.0 Å². The monoisotopic (exact) mass is 647 g/mol. The van der Waals surface area contributed by atoms with Crippen LogP contribution in [0, 0.1) is 11.6 Å². The molecule has 0 unspecified atom stereocenters. The lowest BCUT2D eigenvalue weighted by Gasteiger charge is -2.15. The van der Waals surface area contributed by atoms with Crippen molar-refractivity contribution in [1.82, 2.24) is 24.8 Å². The maximum atomic E-state index is 15.7. The van der Waals surface area contributed by atoms with Gasteiger partial charge in [0.05, 0.1) is 27.3 Å². The average molecular weight is 648 g/mol. The van der Waals surface area contributed by atoms with Gasteiger partial charge in [-0.1, -0.05) is 41.9 Å². The minimum atomic E-state index is -4.31. The van der Waals surface area contributed by atoms with Crippen molar-refractivity contribution < 1.29 is 22.0 Å². The smallest absolute Gasteiger partial charge is 0.263 e. The van der Waals surface area contributed by atoms with Crippen LogP contribution in [0.3, 0.4) is 0 Å². The molecule has 6 rings (SSSR count). The number of nitrogens with one attached hydrogen (secondary N) is 3. The zero-order chi connectivity index (χ0) is 31.9. The number of hydrogen-bond donors (Lipinski definition) is 3. The van der Waals surface area contributed by atoms with Crippen molar-refractivity contribution in [2.45, 2.75) is 24.8 Å². The quantitative estimate of drug-likeness (QED) is 0.170. The number of hydrogen-bond acceptors (Lipinski definition) is 7. The maximum Gasteiger partial charge on any atom is 0.263 e. The van der Waals surface area contributed by atoms with Crippen molar-refractivity contribution in [2.75, 3.05) is 10.0 Å². The van der Waals surface area contributed by atoms with Crippen LogP contribution in [0.1, 0.15) is 24.2 Å². The number of amides is 1. The molecule has 10 nitrogen and oxygen atoms in total. The van der Waals surface area contributed by atoms with Crippen LogP contribution < -0.4 is 15.4 Å². The Morgan fingerprint density at radius 1 is 0.956 bits per heavy atom. The SMILES string of the molecule is CC(C)NC(=O)c1cn(-c2ccc3ncnc(Nc4c(F)ccc(NS(=O)(=O)c5ccccc5Cl)c4F)c3n2)c2ccccc12. The summed E-state index contributed by atoms with van der Waals surface area (Å²) in [6.07, 6.45) is 2.87. The van der Waals surface area contributed by atoms with Gasteiger partial charge in [-0.15, -0.1) is 0 Å². The minimum Gasteiger partial charge on any atom is -0.350 e. The number of pyridine rings is 1. The van der Waals surface area contributed by atoms with Gasteiger partial charge < -0.3 is 15.2 Å². The number of carbonyl (C=O) groups is 1. The number of carbonyl (C=O) groups excluding carboxylic acids is 1. The third-order valence-corrected chi connectivity index (χ3v) is 8.66. The average Bonchev–Trinajstić information content (AvgIpc) is 3.40. The molecule has 228 valence electrons. The predicted molar refractivity (Wildman–Crippen MR) is 169 cm³/mol. The Hall–Kier alpha value is -5.14. The number of nitrogens with zero attached hydrogens (tertiary/aromatic N) is 4. The number of anilines is 3. The molecular weight excluding hydrogens is 624 g/mol. The van der Waals surface area contributed by atoms with Crippen LogP contribution in [0.5, 0.6) is 0 Å². The molecule has 0 fully saturated rings. The van der Waals surface area contributed by atoms with E-state index in [1.807, 2.05) is 38.1 Å². The van der Waals surface area contributed by atoms with E-state index < -0.39 is 33.0 Å². The fourth-order valence-corrected chi connectivity index (χ4v) is 6.35. The van der Waals surface area contributed by atoms with Gasteiger partial charge in [0.1, 0.15) is 34.1 Å². The second-order valence-corrected chi connectivity index (χ2v) is 12.3. The molecule has 0 spiro atoms. The summed E-state index contributed by atoms with van der Waals surface area (Å²) in [4.78, 5) is 25.8. The highest BCUT2D eigenvalue weighted by molar-refractivity contribution is 7.92. The van der Waals surface area contributed by atoms with Crippen molar-refractivity contribution in [3.63, 3.8) is 0 Å². The highest BCUT2D eigenvalue weighted by atomic mass is 35.5. The van der Waals surface area contributed by atoms with E-state index in [9.17, 15) is 13.2 Å². The molecule has 3 heterocycles. The Bertz CT molecular complexity index is 2230. The van der Waals surface area contributed by atoms with Gasteiger partial charge in [0, 0.05) is 17.6 Å². The first-order valence-corrected chi connectivity index (χ1v) is 15.4. The molecule has 14 heteroatoms.